The van der Waals surface area contributed by atoms with Crippen LogP contribution >= 0.6 is 0 Å². The number of aliphatic hydroxyl groups is 1. The fourth-order valence-corrected chi connectivity index (χ4v) is 5.38. The third-order valence-corrected chi connectivity index (χ3v) is 7.30. The van der Waals surface area contributed by atoms with Crippen molar-refractivity contribution >= 4 is 5.91 Å². The highest BCUT2D eigenvalue weighted by Crippen LogP contribution is 2.33. The highest BCUT2D eigenvalue weighted by molar-refractivity contribution is 5.82. The summed E-state index contributed by atoms with van der Waals surface area (Å²) in [5, 5.41) is 20.6. The molecule has 0 spiro atoms. The maximum Gasteiger partial charge on any atom is 0.264 e. The van der Waals surface area contributed by atoms with Crippen LogP contribution in [0.4, 0.5) is 0 Å². The van der Waals surface area contributed by atoms with E-state index in [1.54, 1.807) is 6.33 Å². The van der Waals surface area contributed by atoms with E-state index in [2.05, 4.69) is 20.9 Å². The molecule has 1 aliphatic carbocycles. The third kappa shape index (κ3) is 5.61. The lowest BCUT2D eigenvalue weighted by Gasteiger charge is -2.48. The quantitative estimate of drug-likeness (QED) is 0.566. The minimum Gasteiger partial charge on any atom is -0.367 e. The summed E-state index contributed by atoms with van der Waals surface area (Å²) in [6.45, 7) is 2.55. The molecule has 2 unspecified atom stereocenters. The van der Waals surface area contributed by atoms with Gasteiger partial charge in [-0.25, -0.2) is 4.98 Å². The van der Waals surface area contributed by atoms with Crippen LogP contribution in [0, 0.1) is 17.2 Å². The zero-order valence-electron chi connectivity index (χ0n) is 19.1. The molecule has 0 bridgehead atoms. The number of hydrogen-bond acceptors (Lipinski definition) is 6. The van der Waals surface area contributed by atoms with Crippen LogP contribution in [0.25, 0.3) is 0 Å². The molecule has 2 aliphatic rings. The number of piperazine rings is 1. The standard InChI is InChI=1S/C25H34N6O2/c26-14-20-6-8-21(9-7-20)16-30-10-11-31(17-23(30)12-22-15-28-18-29-22)25(33,24(27)32)13-19-4-2-1-3-5-19/h6-9,15,18-19,23,33H,1-5,10-13,16-17H2,(H2,27,32)(H,28,29). The zero-order valence-corrected chi connectivity index (χ0v) is 19.1. The zero-order chi connectivity index (χ0) is 23.3. The van der Waals surface area contributed by atoms with Gasteiger partial charge in [-0.3, -0.25) is 14.6 Å². The molecule has 2 atom stereocenters. The predicted molar refractivity (Wildman–Crippen MR) is 125 cm³/mol. The van der Waals surface area contributed by atoms with Gasteiger partial charge in [-0.1, -0.05) is 44.2 Å². The van der Waals surface area contributed by atoms with Crippen molar-refractivity contribution in [2.45, 2.75) is 63.3 Å². The molecule has 1 aromatic heterocycles. The van der Waals surface area contributed by atoms with Crippen LogP contribution < -0.4 is 5.73 Å². The predicted octanol–water partition coefficient (Wildman–Crippen LogP) is 2.15. The van der Waals surface area contributed by atoms with Crippen molar-refractivity contribution in [3.05, 3.63) is 53.6 Å². The summed E-state index contributed by atoms with van der Waals surface area (Å²) in [6, 6.07) is 9.89. The van der Waals surface area contributed by atoms with E-state index in [0.717, 1.165) is 49.9 Å². The number of carbonyl (C=O) groups is 1. The number of nitriles is 1. The maximum atomic E-state index is 12.5. The van der Waals surface area contributed by atoms with Gasteiger partial charge in [0, 0.05) is 57.0 Å². The van der Waals surface area contributed by atoms with Crippen molar-refractivity contribution in [3.8, 4) is 6.07 Å². The number of rotatable bonds is 8. The molecule has 0 radical (unpaired) electrons. The Kier molecular flexibility index (Phi) is 7.43. The lowest BCUT2D eigenvalue weighted by atomic mass is 9.82. The Bertz CT molecular complexity index is 948. The molecule has 4 N–H and O–H groups in total. The van der Waals surface area contributed by atoms with E-state index in [1.807, 2.05) is 35.4 Å². The maximum absolute atomic E-state index is 12.5. The highest BCUT2D eigenvalue weighted by atomic mass is 16.3. The number of benzene rings is 1. The van der Waals surface area contributed by atoms with Crippen molar-refractivity contribution in [2.24, 2.45) is 11.7 Å². The Labute approximate surface area is 195 Å². The summed E-state index contributed by atoms with van der Waals surface area (Å²) in [4.78, 5) is 24.1. The van der Waals surface area contributed by atoms with Crippen LogP contribution in [-0.4, -0.2) is 62.2 Å². The van der Waals surface area contributed by atoms with Gasteiger partial charge < -0.3 is 15.8 Å². The van der Waals surface area contributed by atoms with Gasteiger partial charge in [0.2, 0.25) is 0 Å². The second kappa shape index (κ2) is 10.5. The normalized spacial score (nSPS) is 22.5. The van der Waals surface area contributed by atoms with Crippen molar-refractivity contribution in [1.29, 1.82) is 5.26 Å². The summed E-state index contributed by atoms with van der Waals surface area (Å²) in [6.07, 6.45) is 10.3. The number of nitrogens with zero attached hydrogens (tertiary/aromatic N) is 4. The molecule has 1 aromatic carbocycles. The second-order valence-corrected chi connectivity index (χ2v) is 9.55. The van der Waals surface area contributed by atoms with Crippen molar-refractivity contribution in [3.63, 3.8) is 0 Å². The first kappa shape index (κ1) is 23.4. The Morgan fingerprint density at radius 3 is 2.64 bits per heavy atom. The van der Waals surface area contributed by atoms with E-state index in [1.165, 1.54) is 6.42 Å². The van der Waals surface area contributed by atoms with Gasteiger partial charge in [0.05, 0.1) is 18.0 Å². The van der Waals surface area contributed by atoms with Crippen molar-refractivity contribution in [2.75, 3.05) is 19.6 Å². The smallest absolute Gasteiger partial charge is 0.264 e. The summed E-state index contributed by atoms with van der Waals surface area (Å²) in [7, 11) is 0. The Balaban J connectivity index is 1.51. The average molecular weight is 451 g/mol. The number of nitrogens with two attached hydrogens (primary N) is 1. The van der Waals surface area contributed by atoms with Crippen molar-refractivity contribution < 1.29 is 9.90 Å². The molecule has 2 aromatic rings. The van der Waals surface area contributed by atoms with Gasteiger partial charge in [0.25, 0.3) is 5.91 Å². The molecule has 8 nitrogen and oxygen atoms in total. The van der Waals surface area contributed by atoms with Gasteiger partial charge >= 0.3 is 0 Å². The number of aromatic nitrogens is 2. The number of H-pyrrole nitrogens is 1. The van der Waals surface area contributed by atoms with Crippen LogP contribution in [0.2, 0.25) is 0 Å². The molecule has 8 heteroatoms. The first-order valence-electron chi connectivity index (χ1n) is 12.0. The van der Waals surface area contributed by atoms with Gasteiger partial charge in [0.15, 0.2) is 5.72 Å². The molecule has 1 aliphatic heterocycles. The number of hydrogen-bond donors (Lipinski definition) is 3. The molecule has 176 valence electrons. The van der Waals surface area contributed by atoms with E-state index >= 15 is 0 Å². The average Bonchev–Trinajstić information content (AvgIpc) is 3.34. The number of amides is 1. The second-order valence-electron chi connectivity index (χ2n) is 9.55. The number of carbonyl (C=O) groups excluding carboxylic acids is 1. The van der Waals surface area contributed by atoms with Gasteiger partial charge in [0.1, 0.15) is 0 Å². The van der Waals surface area contributed by atoms with Crippen LogP contribution in [0.3, 0.4) is 0 Å². The lowest BCUT2D eigenvalue weighted by Crippen LogP contribution is -2.65. The molecule has 2 fully saturated rings. The minimum absolute atomic E-state index is 0.0760. The number of imidazole rings is 1. The molecule has 1 saturated heterocycles. The highest BCUT2D eigenvalue weighted by Gasteiger charge is 2.45. The van der Waals surface area contributed by atoms with E-state index in [0.29, 0.717) is 37.5 Å². The Morgan fingerprint density at radius 1 is 1.24 bits per heavy atom. The molecule has 1 saturated carbocycles. The summed E-state index contributed by atoms with van der Waals surface area (Å²) >= 11 is 0. The largest absolute Gasteiger partial charge is 0.367 e. The van der Waals surface area contributed by atoms with Crippen LogP contribution in [0.15, 0.2) is 36.8 Å². The first-order chi connectivity index (χ1) is 16.0. The molecule has 1 amide bonds. The van der Waals surface area contributed by atoms with Gasteiger partial charge in [-0.05, 0) is 23.6 Å². The minimum atomic E-state index is -1.62. The first-order valence-corrected chi connectivity index (χ1v) is 12.0. The topological polar surface area (TPSA) is 122 Å². The molecule has 4 rings (SSSR count). The molecular weight excluding hydrogens is 416 g/mol. The fraction of sp³-hybridized carbons (Fsp3) is 0.560. The van der Waals surface area contributed by atoms with Crippen LogP contribution in [-0.2, 0) is 17.8 Å². The summed E-state index contributed by atoms with van der Waals surface area (Å²) in [5.74, 6) is -0.312. The lowest BCUT2D eigenvalue weighted by molar-refractivity contribution is -0.174. The monoisotopic (exact) mass is 450 g/mol. The van der Waals surface area contributed by atoms with E-state index < -0.39 is 11.6 Å². The summed E-state index contributed by atoms with van der Waals surface area (Å²) < 4.78 is 0. The fourth-order valence-electron chi connectivity index (χ4n) is 5.38. The Hall–Kier alpha value is -2.73. The third-order valence-electron chi connectivity index (χ3n) is 7.30. The van der Waals surface area contributed by atoms with Crippen LogP contribution in [0.1, 0.15) is 55.3 Å². The number of nitrogens with one attached hydrogen (secondary N) is 1. The van der Waals surface area contributed by atoms with Gasteiger partial charge in [-0.2, -0.15) is 5.26 Å². The van der Waals surface area contributed by atoms with Gasteiger partial charge in [-0.15, -0.1) is 0 Å². The molecular formula is C25H34N6O2. The van der Waals surface area contributed by atoms with E-state index in [4.69, 9.17) is 11.0 Å². The summed E-state index contributed by atoms with van der Waals surface area (Å²) in [5.41, 5.74) is 6.97. The molecule has 33 heavy (non-hydrogen) atoms. The Morgan fingerprint density at radius 2 is 2.00 bits per heavy atom. The molecule has 2 heterocycles. The van der Waals surface area contributed by atoms with Crippen LogP contribution in [0.5, 0.6) is 0 Å². The number of aromatic amines is 1. The van der Waals surface area contributed by atoms with Crippen molar-refractivity contribution in [1.82, 2.24) is 19.8 Å². The van der Waals surface area contributed by atoms with E-state index in [9.17, 15) is 9.90 Å². The van der Waals surface area contributed by atoms with E-state index in [-0.39, 0.29) is 6.04 Å². The number of primary amides is 1. The SMILES string of the molecule is N#Cc1ccc(CN2CCN(C(O)(CC3CCCCC3)C(N)=O)CC2Cc2cnc[nH]2)cc1.